The Morgan fingerprint density at radius 3 is 2.49 bits per heavy atom. The molecule has 212 valence electrons. The quantitative estimate of drug-likeness (QED) is 0.480. The van der Waals surface area contributed by atoms with Gasteiger partial charge in [0.05, 0.1) is 25.3 Å². The monoisotopic (exact) mass is 538 g/mol. The Kier molecular flexibility index (Phi) is 8.45. The Morgan fingerprint density at radius 2 is 1.79 bits per heavy atom. The first-order valence-electron chi connectivity index (χ1n) is 14.3. The summed E-state index contributed by atoms with van der Waals surface area (Å²) in [4.78, 5) is 23.5. The summed E-state index contributed by atoms with van der Waals surface area (Å²) in [6, 6.07) is 8.30. The van der Waals surface area contributed by atoms with Crippen molar-refractivity contribution < 1.29 is 23.7 Å². The van der Waals surface area contributed by atoms with Crippen LogP contribution < -0.4 is 14.8 Å². The van der Waals surface area contributed by atoms with E-state index >= 15 is 0 Å². The highest BCUT2D eigenvalue weighted by Gasteiger charge is 2.31. The molecule has 1 amide bonds. The second-order valence-electron chi connectivity index (χ2n) is 12.1. The number of likely N-dealkylation sites (tertiary alicyclic amines) is 1. The Hall–Kier alpha value is -3.07. The lowest BCUT2D eigenvalue weighted by atomic mass is 9.87. The first kappa shape index (κ1) is 27.5. The molecule has 5 rings (SSSR count). The van der Waals surface area contributed by atoms with Gasteiger partial charge in [0.1, 0.15) is 23.6 Å². The number of anilines is 1. The third kappa shape index (κ3) is 7.53. The van der Waals surface area contributed by atoms with Crippen LogP contribution in [0.1, 0.15) is 66.2 Å². The van der Waals surface area contributed by atoms with Crippen molar-refractivity contribution in [3.8, 4) is 22.8 Å². The van der Waals surface area contributed by atoms with Gasteiger partial charge in [0.25, 0.3) is 0 Å². The first-order valence-corrected chi connectivity index (χ1v) is 14.3. The molecule has 3 heterocycles. The van der Waals surface area contributed by atoms with Crippen LogP contribution >= 0.6 is 0 Å². The van der Waals surface area contributed by atoms with Crippen molar-refractivity contribution in [3.05, 3.63) is 30.5 Å². The summed E-state index contributed by atoms with van der Waals surface area (Å²) in [5.41, 5.74) is 1.29. The number of carbonyl (C=O) groups excluding carboxylic acids is 1. The molecule has 0 bridgehead atoms. The molecular formula is C30H42N4O5. The van der Waals surface area contributed by atoms with Crippen molar-refractivity contribution in [1.29, 1.82) is 0 Å². The minimum Gasteiger partial charge on any atom is -0.489 e. The molecular weight excluding hydrogens is 496 g/mol. The topological polar surface area (TPSA) is 95.0 Å². The largest absolute Gasteiger partial charge is 0.489 e. The smallest absolute Gasteiger partial charge is 0.410 e. The second kappa shape index (κ2) is 12.0. The third-order valence-electron chi connectivity index (χ3n) is 7.53. The number of hydrogen-bond acceptors (Lipinski definition) is 8. The van der Waals surface area contributed by atoms with Gasteiger partial charge in [0.2, 0.25) is 11.8 Å². The average molecular weight is 539 g/mol. The number of nitrogens with zero attached hydrogens (tertiary/aromatic N) is 3. The maximum absolute atomic E-state index is 12.4. The van der Waals surface area contributed by atoms with Gasteiger partial charge in [-0.05, 0) is 70.1 Å². The van der Waals surface area contributed by atoms with Gasteiger partial charge in [-0.1, -0.05) is 19.1 Å². The Balaban J connectivity index is 1.25. The SMILES string of the molecule is CC1CCC(Nc2ncc(-c3ccc(OC4CCN(C(=O)OC(C)(C)C)C4)cc3)c(O[C@@H]3CCOC3)n2)CC1. The zero-order chi connectivity index (χ0) is 27.4. The molecule has 0 spiro atoms. The lowest BCUT2D eigenvalue weighted by molar-refractivity contribution is 0.0275. The minimum atomic E-state index is -0.508. The minimum absolute atomic E-state index is 0.0140. The highest BCUT2D eigenvalue weighted by molar-refractivity contribution is 5.69. The van der Waals surface area contributed by atoms with Crippen molar-refractivity contribution in [2.24, 2.45) is 5.92 Å². The molecule has 2 aliphatic heterocycles. The predicted molar refractivity (Wildman–Crippen MR) is 149 cm³/mol. The van der Waals surface area contributed by atoms with Gasteiger partial charge in [0, 0.05) is 31.6 Å². The Labute approximate surface area is 231 Å². The fourth-order valence-electron chi connectivity index (χ4n) is 5.30. The van der Waals surface area contributed by atoms with E-state index in [4.69, 9.17) is 23.9 Å². The highest BCUT2D eigenvalue weighted by Crippen LogP contribution is 2.33. The van der Waals surface area contributed by atoms with E-state index in [1.54, 1.807) is 4.90 Å². The number of nitrogens with one attached hydrogen (secondary N) is 1. The van der Waals surface area contributed by atoms with E-state index in [-0.39, 0.29) is 18.3 Å². The van der Waals surface area contributed by atoms with Gasteiger partial charge in [-0.2, -0.15) is 4.98 Å². The van der Waals surface area contributed by atoms with Crippen LogP contribution in [-0.2, 0) is 9.47 Å². The van der Waals surface area contributed by atoms with Crippen molar-refractivity contribution in [3.63, 3.8) is 0 Å². The van der Waals surface area contributed by atoms with Gasteiger partial charge in [-0.3, -0.25) is 0 Å². The van der Waals surface area contributed by atoms with Gasteiger partial charge in [-0.15, -0.1) is 0 Å². The molecule has 9 nitrogen and oxygen atoms in total. The molecule has 1 N–H and O–H groups in total. The number of ether oxygens (including phenoxy) is 4. The summed E-state index contributed by atoms with van der Waals surface area (Å²) in [6.07, 6.45) is 7.82. The predicted octanol–water partition coefficient (Wildman–Crippen LogP) is 5.69. The molecule has 3 fully saturated rings. The number of rotatable bonds is 7. The van der Waals surface area contributed by atoms with Gasteiger partial charge in [-0.25, -0.2) is 9.78 Å². The molecule has 9 heteroatoms. The lowest BCUT2D eigenvalue weighted by Gasteiger charge is -2.27. The van der Waals surface area contributed by atoms with Crippen LogP contribution in [0.5, 0.6) is 11.6 Å². The molecule has 1 saturated carbocycles. The van der Waals surface area contributed by atoms with E-state index in [1.807, 2.05) is 51.2 Å². The summed E-state index contributed by atoms with van der Waals surface area (Å²) < 4.78 is 23.5. The Morgan fingerprint density at radius 1 is 1.03 bits per heavy atom. The average Bonchev–Trinajstić information content (AvgIpc) is 3.58. The number of carbonyl (C=O) groups is 1. The number of amides is 1. The summed E-state index contributed by atoms with van der Waals surface area (Å²) in [5.74, 6) is 2.73. The zero-order valence-electron chi connectivity index (χ0n) is 23.7. The normalized spacial score (nSPS) is 25.4. The van der Waals surface area contributed by atoms with Crippen molar-refractivity contribution in [2.75, 3.05) is 31.6 Å². The van der Waals surface area contributed by atoms with Crippen LogP contribution in [0.25, 0.3) is 11.1 Å². The molecule has 2 aromatic rings. The molecule has 1 aromatic carbocycles. The van der Waals surface area contributed by atoms with Crippen LogP contribution in [0.4, 0.5) is 10.7 Å². The summed E-state index contributed by atoms with van der Waals surface area (Å²) in [6.45, 7) is 10.4. The standard InChI is InChI=1S/C30H42N4O5/c1-20-5-9-22(10-6-20)32-28-31-17-26(27(33-28)38-25-14-16-36-19-25)21-7-11-23(12-8-21)37-24-13-15-34(18-24)29(35)39-30(2,3)4/h7-8,11-12,17,20,22,24-25H,5-6,9-10,13-16,18-19H2,1-4H3,(H,31,32,33)/t20?,22?,24?,25-/m1/s1. The van der Waals surface area contributed by atoms with Crippen LogP contribution in [0.3, 0.4) is 0 Å². The third-order valence-corrected chi connectivity index (χ3v) is 7.53. The molecule has 3 aliphatic rings. The van der Waals surface area contributed by atoms with E-state index in [0.29, 0.717) is 44.2 Å². The lowest BCUT2D eigenvalue weighted by Crippen LogP contribution is -2.36. The van der Waals surface area contributed by atoms with E-state index in [0.717, 1.165) is 48.5 Å². The van der Waals surface area contributed by atoms with Crippen LogP contribution in [0.2, 0.25) is 0 Å². The van der Waals surface area contributed by atoms with Gasteiger partial charge in [0.15, 0.2) is 0 Å². The maximum atomic E-state index is 12.4. The van der Waals surface area contributed by atoms with Crippen LogP contribution in [0, 0.1) is 5.92 Å². The number of benzene rings is 1. The Bertz CT molecular complexity index is 1110. The van der Waals surface area contributed by atoms with Crippen LogP contribution in [0.15, 0.2) is 30.5 Å². The molecule has 2 saturated heterocycles. The van der Waals surface area contributed by atoms with E-state index < -0.39 is 5.60 Å². The molecule has 0 radical (unpaired) electrons. The number of hydrogen-bond donors (Lipinski definition) is 1. The molecule has 1 aliphatic carbocycles. The van der Waals surface area contributed by atoms with Gasteiger partial charge < -0.3 is 29.2 Å². The summed E-state index contributed by atoms with van der Waals surface area (Å²) in [7, 11) is 0. The molecule has 1 aromatic heterocycles. The van der Waals surface area contributed by atoms with Gasteiger partial charge >= 0.3 is 6.09 Å². The fraction of sp³-hybridized carbons (Fsp3) is 0.633. The van der Waals surface area contributed by atoms with Crippen molar-refractivity contribution in [1.82, 2.24) is 14.9 Å². The molecule has 1 unspecified atom stereocenters. The highest BCUT2D eigenvalue weighted by atomic mass is 16.6. The summed E-state index contributed by atoms with van der Waals surface area (Å²) >= 11 is 0. The van der Waals surface area contributed by atoms with Crippen LogP contribution in [-0.4, -0.2) is 71.1 Å². The zero-order valence-corrected chi connectivity index (χ0v) is 23.7. The fourth-order valence-corrected chi connectivity index (χ4v) is 5.30. The van der Waals surface area contributed by atoms with E-state index in [9.17, 15) is 4.79 Å². The van der Waals surface area contributed by atoms with Crippen molar-refractivity contribution in [2.45, 2.75) is 90.1 Å². The first-order chi connectivity index (χ1) is 18.7. The summed E-state index contributed by atoms with van der Waals surface area (Å²) in [5, 5.41) is 3.53. The molecule has 2 atom stereocenters. The second-order valence-corrected chi connectivity index (χ2v) is 12.1. The van der Waals surface area contributed by atoms with E-state index in [1.165, 1.54) is 12.8 Å². The molecule has 39 heavy (non-hydrogen) atoms. The van der Waals surface area contributed by atoms with E-state index in [2.05, 4.69) is 17.2 Å². The van der Waals surface area contributed by atoms with Crippen molar-refractivity contribution >= 4 is 12.0 Å². The maximum Gasteiger partial charge on any atom is 0.410 e. The number of aromatic nitrogens is 2.